The molecule has 0 spiro atoms. The molecule has 3 aromatic carbocycles. The van der Waals surface area contributed by atoms with Gasteiger partial charge in [-0.2, -0.15) is 0 Å². The first-order chi connectivity index (χ1) is 14.1. The van der Waals surface area contributed by atoms with E-state index >= 15 is 0 Å². The van der Waals surface area contributed by atoms with Crippen molar-refractivity contribution >= 4 is 23.8 Å². The summed E-state index contributed by atoms with van der Waals surface area (Å²) in [5, 5.41) is 0.709. The number of H-pyrrole nitrogens is 1. The van der Waals surface area contributed by atoms with Gasteiger partial charge in [0.25, 0.3) is 0 Å². The van der Waals surface area contributed by atoms with Gasteiger partial charge in [0.2, 0.25) is 0 Å². The molecule has 29 heavy (non-hydrogen) atoms. The van der Waals surface area contributed by atoms with Crippen molar-refractivity contribution in [2.24, 2.45) is 0 Å². The molecule has 0 bridgehead atoms. The predicted molar refractivity (Wildman–Crippen MR) is 121 cm³/mol. The molecule has 0 radical (unpaired) electrons. The predicted octanol–water partition coefficient (Wildman–Crippen LogP) is 6.88. The van der Waals surface area contributed by atoms with Gasteiger partial charge in [-0.05, 0) is 42.8 Å². The number of hydrogen-bond donors (Lipinski definition) is 1. The second-order valence-corrected chi connectivity index (χ2v) is 7.26. The lowest BCUT2D eigenvalue weighted by molar-refractivity contribution is 0.415. The summed E-state index contributed by atoms with van der Waals surface area (Å²) in [6.07, 6.45) is 4.02. The maximum absolute atomic E-state index is 6.07. The Labute approximate surface area is 175 Å². The fourth-order valence-electron chi connectivity index (χ4n) is 3.11. The number of nitrogens with zero attached hydrogens (tertiary/aromatic N) is 1. The molecule has 0 unspecified atom stereocenters. The summed E-state index contributed by atoms with van der Waals surface area (Å²) in [5.41, 5.74) is 6.30. The van der Waals surface area contributed by atoms with E-state index in [1.807, 2.05) is 60.7 Å². The fraction of sp³-hybridized carbons (Fsp3) is 0.0800. The van der Waals surface area contributed by atoms with Crippen LogP contribution < -0.4 is 4.74 Å². The topological polar surface area (TPSA) is 37.9 Å². The van der Waals surface area contributed by atoms with Gasteiger partial charge < -0.3 is 9.72 Å². The SMILES string of the molecule is COc1ccc(C=Cc2nc(-c3ccc(Cl)cc3)c(-c3ccc(C)cc3)[nH]2)cc1. The van der Waals surface area contributed by atoms with Crippen molar-refractivity contribution in [3.63, 3.8) is 0 Å². The molecule has 4 heteroatoms. The third-order valence-electron chi connectivity index (χ3n) is 4.73. The van der Waals surface area contributed by atoms with Crippen LogP contribution in [0.25, 0.3) is 34.7 Å². The van der Waals surface area contributed by atoms with Gasteiger partial charge in [0.05, 0.1) is 18.5 Å². The molecule has 4 aromatic rings. The molecular weight excluding hydrogens is 380 g/mol. The highest BCUT2D eigenvalue weighted by Gasteiger charge is 2.13. The normalized spacial score (nSPS) is 11.1. The van der Waals surface area contributed by atoms with Crippen molar-refractivity contribution in [3.8, 4) is 28.3 Å². The van der Waals surface area contributed by atoms with E-state index in [0.717, 1.165) is 39.7 Å². The molecule has 1 N–H and O–H groups in total. The van der Waals surface area contributed by atoms with Crippen LogP contribution in [0, 0.1) is 6.92 Å². The Morgan fingerprint density at radius 1 is 0.828 bits per heavy atom. The molecule has 0 atom stereocenters. The van der Waals surface area contributed by atoms with Crippen LogP contribution in [0.2, 0.25) is 5.02 Å². The lowest BCUT2D eigenvalue weighted by Gasteiger charge is -2.04. The molecular formula is C25H21ClN2O. The highest BCUT2D eigenvalue weighted by molar-refractivity contribution is 6.30. The van der Waals surface area contributed by atoms with Gasteiger partial charge in [0, 0.05) is 16.1 Å². The first-order valence-electron chi connectivity index (χ1n) is 9.37. The minimum atomic E-state index is 0.709. The van der Waals surface area contributed by atoms with Crippen LogP contribution >= 0.6 is 11.6 Å². The number of nitrogens with one attached hydrogen (secondary N) is 1. The zero-order chi connectivity index (χ0) is 20.2. The van der Waals surface area contributed by atoms with Crippen LogP contribution in [-0.2, 0) is 0 Å². The highest BCUT2D eigenvalue weighted by atomic mass is 35.5. The number of benzene rings is 3. The number of aromatic amines is 1. The molecule has 4 rings (SSSR count). The number of hydrogen-bond acceptors (Lipinski definition) is 2. The average molecular weight is 401 g/mol. The summed E-state index contributed by atoms with van der Waals surface area (Å²) in [7, 11) is 1.67. The Kier molecular flexibility index (Phi) is 5.50. The highest BCUT2D eigenvalue weighted by Crippen LogP contribution is 2.31. The smallest absolute Gasteiger partial charge is 0.131 e. The Morgan fingerprint density at radius 2 is 1.48 bits per heavy atom. The van der Waals surface area contributed by atoms with Crippen LogP contribution in [0.1, 0.15) is 17.0 Å². The van der Waals surface area contributed by atoms with Crippen molar-refractivity contribution in [2.45, 2.75) is 6.92 Å². The molecule has 0 amide bonds. The second kappa shape index (κ2) is 8.38. The van der Waals surface area contributed by atoms with E-state index in [1.54, 1.807) is 7.11 Å². The maximum atomic E-state index is 6.07. The van der Waals surface area contributed by atoms with E-state index in [0.29, 0.717) is 5.02 Å². The van der Waals surface area contributed by atoms with Gasteiger partial charge in [-0.15, -0.1) is 0 Å². The third-order valence-corrected chi connectivity index (χ3v) is 4.98. The summed E-state index contributed by atoms with van der Waals surface area (Å²) in [6, 6.07) is 24.1. The molecule has 0 aliphatic rings. The standard InChI is InChI=1S/C25H21ClN2O/c1-17-3-8-19(9-4-17)24-25(20-10-12-21(26)13-11-20)28-23(27-24)16-7-18-5-14-22(29-2)15-6-18/h3-16H,1-2H3,(H,27,28). The Hall–Kier alpha value is -3.30. The van der Waals surface area contributed by atoms with E-state index in [9.17, 15) is 0 Å². The van der Waals surface area contributed by atoms with Gasteiger partial charge >= 0.3 is 0 Å². The van der Waals surface area contributed by atoms with Crippen LogP contribution in [-0.4, -0.2) is 17.1 Å². The van der Waals surface area contributed by atoms with Crippen molar-refractivity contribution in [2.75, 3.05) is 7.11 Å². The summed E-state index contributed by atoms with van der Waals surface area (Å²) in [5.74, 6) is 1.63. The first-order valence-corrected chi connectivity index (χ1v) is 9.75. The molecule has 3 nitrogen and oxygen atoms in total. The molecule has 0 saturated heterocycles. The van der Waals surface area contributed by atoms with E-state index in [1.165, 1.54) is 5.56 Å². The summed E-state index contributed by atoms with van der Waals surface area (Å²) in [4.78, 5) is 8.32. The van der Waals surface area contributed by atoms with E-state index in [4.69, 9.17) is 21.3 Å². The van der Waals surface area contributed by atoms with Gasteiger partial charge in [-0.3, -0.25) is 0 Å². The number of aromatic nitrogens is 2. The van der Waals surface area contributed by atoms with Crippen molar-refractivity contribution in [1.29, 1.82) is 0 Å². The molecule has 1 heterocycles. The van der Waals surface area contributed by atoms with E-state index in [2.05, 4.69) is 36.2 Å². The Bertz CT molecular complexity index is 1060. The molecule has 1 aromatic heterocycles. The number of ether oxygens (including phenoxy) is 1. The number of rotatable bonds is 5. The molecule has 144 valence electrons. The molecule has 0 fully saturated rings. The monoisotopic (exact) mass is 400 g/mol. The van der Waals surface area contributed by atoms with E-state index < -0.39 is 0 Å². The molecule has 0 aliphatic heterocycles. The Balaban J connectivity index is 1.73. The Morgan fingerprint density at radius 3 is 2.14 bits per heavy atom. The minimum absolute atomic E-state index is 0.709. The van der Waals surface area contributed by atoms with Gasteiger partial charge in [-0.1, -0.05) is 71.8 Å². The minimum Gasteiger partial charge on any atom is -0.497 e. The molecule has 0 aliphatic carbocycles. The number of halogens is 1. The lowest BCUT2D eigenvalue weighted by atomic mass is 10.0. The van der Waals surface area contributed by atoms with Crippen LogP contribution in [0.15, 0.2) is 72.8 Å². The maximum Gasteiger partial charge on any atom is 0.131 e. The third kappa shape index (κ3) is 4.41. The summed E-state index contributed by atoms with van der Waals surface area (Å²) < 4.78 is 5.21. The summed E-state index contributed by atoms with van der Waals surface area (Å²) >= 11 is 6.07. The van der Waals surface area contributed by atoms with Crippen LogP contribution in [0.4, 0.5) is 0 Å². The van der Waals surface area contributed by atoms with Gasteiger partial charge in [-0.25, -0.2) is 4.98 Å². The second-order valence-electron chi connectivity index (χ2n) is 6.83. The zero-order valence-corrected chi connectivity index (χ0v) is 17.1. The van der Waals surface area contributed by atoms with E-state index in [-0.39, 0.29) is 0 Å². The summed E-state index contributed by atoms with van der Waals surface area (Å²) in [6.45, 7) is 2.08. The van der Waals surface area contributed by atoms with Crippen molar-refractivity contribution < 1.29 is 4.74 Å². The van der Waals surface area contributed by atoms with Crippen molar-refractivity contribution in [3.05, 3.63) is 94.8 Å². The van der Waals surface area contributed by atoms with Crippen LogP contribution in [0.5, 0.6) is 5.75 Å². The van der Waals surface area contributed by atoms with Gasteiger partial charge in [0.15, 0.2) is 0 Å². The molecule has 0 saturated carbocycles. The number of aryl methyl sites for hydroxylation is 1. The lowest BCUT2D eigenvalue weighted by Crippen LogP contribution is -1.84. The number of methoxy groups -OCH3 is 1. The largest absolute Gasteiger partial charge is 0.497 e. The zero-order valence-electron chi connectivity index (χ0n) is 16.3. The number of imidazole rings is 1. The van der Waals surface area contributed by atoms with Crippen LogP contribution in [0.3, 0.4) is 0 Å². The average Bonchev–Trinajstić information content (AvgIpc) is 3.18. The van der Waals surface area contributed by atoms with Crippen molar-refractivity contribution in [1.82, 2.24) is 9.97 Å². The first kappa shape index (κ1) is 19.0. The van der Waals surface area contributed by atoms with Gasteiger partial charge in [0.1, 0.15) is 11.6 Å². The fourth-order valence-corrected chi connectivity index (χ4v) is 3.23. The quantitative estimate of drug-likeness (QED) is 0.396.